The summed E-state index contributed by atoms with van der Waals surface area (Å²) in [5, 5.41) is 11.8. The van der Waals surface area contributed by atoms with Gasteiger partial charge in [-0.15, -0.1) is 11.3 Å². The quantitative estimate of drug-likeness (QED) is 0.704. The number of hydrogen-bond acceptors (Lipinski definition) is 2. The second-order valence-electron chi connectivity index (χ2n) is 4.02. The smallest absolute Gasteiger partial charge is 0.102 e. The molecular weight excluding hydrogens is 226 g/mol. The van der Waals surface area contributed by atoms with E-state index < -0.39 is 0 Å². The van der Waals surface area contributed by atoms with Gasteiger partial charge in [0.25, 0.3) is 0 Å². The fourth-order valence-corrected chi connectivity index (χ4v) is 2.19. The van der Waals surface area contributed by atoms with Gasteiger partial charge in [-0.05, 0) is 17.9 Å². The predicted molar refractivity (Wildman–Crippen MR) is 66.8 cm³/mol. The summed E-state index contributed by atoms with van der Waals surface area (Å²) in [4.78, 5) is 0.948. The molecule has 0 aliphatic carbocycles. The van der Waals surface area contributed by atoms with Crippen LogP contribution in [0, 0.1) is 16.7 Å². The van der Waals surface area contributed by atoms with Crippen LogP contribution in [0.1, 0.15) is 32.1 Å². The first-order valence-corrected chi connectivity index (χ1v) is 6.13. The molecule has 0 saturated carbocycles. The highest BCUT2D eigenvalue weighted by molar-refractivity contribution is 7.11. The molecule has 0 saturated heterocycles. The van der Waals surface area contributed by atoms with Gasteiger partial charge in [-0.1, -0.05) is 38.4 Å². The predicted octanol–water partition coefficient (Wildman–Crippen LogP) is 4.66. The number of halogens is 1. The van der Waals surface area contributed by atoms with E-state index in [4.69, 9.17) is 16.9 Å². The lowest BCUT2D eigenvalue weighted by atomic mass is 9.87. The van der Waals surface area contributed by atoms with Crippen LogP contribution < -0.4 is 0 Å². The van der Waals surface area contributed by atoms with E-state index in [0.29, 0.717) is 10.6 Å². The molecule has 0 unspecified atom stereocenters. The first-order chi connectivity index (χ1) is 7.03. The Morgan fingerprint density at radius 1 is 1.60 bits per heavy atom. The van der Waals surface area contributed by atoms with Crippen molar-refractivity contribution in [3.63, 3.8) is 0 Å². The van der Waals surface area contributed by atoms with Crippen LogP contribution in [-0.4, -0.2) is 0 Å². The molecule has 1 nitrogen and oxygen atoms in total. The molecule has 3 heteroatoms. The molecule has 1 heterocycles. The molecule has 0 aliphatic heterocycles. The second kappa shape index (κ2) is 4.83. The van der Waals surface area contributed by atoms with Gasteiger partial charge in [-0.25, -0.2) is 0 Å². The van der Waals surface area contributed by atoms with Gasteiger partial charge in [0.05, 0.1) is 5.57 Å². The maximum Gasteiger partial charge on any atom is 0.102 e. The summed E-state index contributed by atoms with van der Waals surface area (Å²) in [6, 6.07) is 6.06. The van der Waals surface area contributed by atoms with E-state index in [1.807, 2.05) is 17.5 Å². The summed E-state index contributed by atoms with van der Waals surface area (Å²) in [5.74, 6) is 0. The van der Waals surface area contributed by atoms with Crippen LogP contribution in [0.5, 0.6) is 0 Å². The van der Waals surface area contributed by atoms with E-state index in [-0.39, 0.29) is 5.41 Å². The van der Waals surface area contributed by atoms with Crippen molar-refractivity contribution in [2.45, 2.75) is 27.2 Å². The van der Waals surface area contributed by atoms with Crippen LogP contribution in [0.2, 0.25) is 0 Å². The lowest BCUT2D eigenvalue weighted by Crippen LogP contribution is -2.11. The zero-order valence-electron chi connectivity index (χ0n) is 9.17. The van der Waals surface area contributed by atoms with Gasteiger partial charge in [0, 0.05) is 15.3 Å². The summed E-state index contributed by atoms with van der Waals surface area (Å²) in [6.45, 7) is 6.19. The Bertz CT molecular complexity index is 396. The van der Waals surface area contributed by atoms with Gasteiger partial charge in [-0.3, -0.25) is 0 Å². The molecule has 0 fully saturated rings. The third-order valence-corrected chi connectivity index (χ3v) is 4.16. The zero-order valence-corrected chi connectivity index (χ0v) is 10.7. The molecule has 0 spiro atoms. The van der Waals surface area contributed by atoms with E-state index >= 15 is 0 Å². The van der Waals surface area contributed by atoms with Crippen molar-refractivity contribution in [3.8, 4) is 6.07 Å². The Morgan fingerprint density at radius 2 is 2.27 bits per heavy atom. The van der Waals surface area contributed by atoms with Crippen molar-refractivity contribution < 1.29 is 0 Å². The number of hydrogen-bond donors (Lipinski definition) is 0. The van der Waals surface area contributed by atoms with Crippen molar-refractivity contribution in [1.29, 1.82) is 5.26 Å². The largest absolute Gasteiger partial charge is 0.192 e. The fourth-order valence-electron chi connectivity index (χ4n) is 1.13. The van der Waals surface area contributed by atoms with Crippen molar-refractivity contribution in [2.24, 2.45) is 5.41 Å². The standard InChI is InChI=1S/C12H14ClNS/c1-4-12(2,3)11(13)9(8-14)10-6-5-7-15-10/h5-7H,4H2,1-3H3. The van der Waals surface area contributed by atoms with Crippen LogP contribution in [0.15, 0.2) is 22.5 Å². The molecular formula is C12H14ClNS. The Balaban J connectivity index is 3.23. The number of thiophene rings is 1. The molecule has 1 aromatic rings. The van der Waals surface area contributed by atoms with Gasteiger partial charge in [0.15, 0.2) is 0 Å². The van der Waals surface area contributed by atoms with Crippen LogP contribution >= 0.6 is 22.9 Å². The minimum absolute atomic E-state index is 0.128. The van der Waals surface area contributed by atoms with E-state index in [1.165, 1.54) is 0 Å². The van der Waals surface area contributed by atoms with Gasteiger partial charge < -0.3 is 0 Å². The SMILES string of the molecule is CCC(C)(C)C(Cl)=C(C#N)c1cccs1. The van der Waals surface area contributed by atoms with Crippen LogP contribution in [-0.2, 0) is 0 Å². The molecule has 1 aromatic heterocycles. The topological polar surface area (TPSA) is 23.8 Å². The van der Waals surface area contributed by atoms with Gasteiger partial charge in [-0.2, -0.15) is 5.26 Å². The van der Waals surface area contributed by atoms with E-state index in [0.717, 1.165) is 11.3 Å². The lowest BCUT2D eigenvalue weighted by Gasteiger charge is -2.22. The second-order valence-corrected chi connectivity index (χ2v) is 5.34. The summed E-state index contributed by atoms with van der Waals surface area (Å²) in [6.07, 6.45) is 0.919. The Kier molecular flexibility index (Phi) is 3.96. The number of nitrogens with zero attached hydrogens (tertiary/aromatic N) is 1. The lowest BCUT2D eigenvalue weighted by molar-refractivity contribution is 0.452. The minimum atomic E-state index is -0.128. The molecule has 0 amide bonds. The molecule has 15 heavy (non-hydrogen) atoms. The number of rotatable bonds is 3. The summed E-state index contributed by atoms with van der Waals surface area (Å²) in [7, 11) is 0. The molecule has 80 valence electrons. The van der Waals surface area contributed by atoms with Gasteiger partial charge >= 0.3 is 0 Å². The molecule has 0 atom stereocenters. The normalized spacial score (nSPS) is 13.3. The average molecular weight is 240 g/mol. The van der Waals surface area contributed by atoms with Crippen molar-refractivity contribution in [2.75, 3.05) is 0 Å². The van der Waals surface area contributed by atoms with E-state index in [1.54, 1.807) is 11.3 Å². The Hall–Kier alpha value is -0.780. The minimum Gasteiger partial charge on any atom is -0.192 e. The van der Waals surface area contributed by atoms with Gasteiger partial charge in [0.2, 0.25) is 0 Å². The highest BCUT2D eigenvalue weighted by atomic mass is 35.5. The third kappa shape index (κ3) is 2.62. The van der Waals surface area contributed by atoms with Gasteiger partial charge in [0.1, 0.15) is 6.07 Å². The van der Waals surface area contributed by atoms with Crippen LogP contribution in [0.4, 0.5) is 0 Å². The van der Waals surface area contributed by atoms with Crippen molar-refractivity contribution in [1.82, 2.24) is 0 Å². The summed E-state index contributed by atoms with van der Waals surface area (Å²) in [5.41, 5.74) is 0.481. The van der Waals surface area contributed by atoms with E-state index in [2.05, 4.69) is 26.8 Å². The third-order valence-electron chi connectivity index (χ3n) is 2.58. The van der Waals surface area contributed by atoms with Crippen LogP contribution in [0.3, 0.4) is 0 Å². The Morgan fingerprint density at radius 3 is 2.67 bits per heavy atom. The molecule has 1 rings (SSSR count). The zero-order chi connectivity index (χ0) is 11.5. The maximum absolute atomic E-state index is 9.14. The van der Waals surface area contributed by atoms with E-state index in [9.17, 15) is 0 Å². The monoisotopic (exact) mass is 239 g/mol. The summed E-state index contributed by atoms with van der Waals surface area (Å²) >= 11 is 7.84. The highest BCUT2D eigenvalue weighted by Gasteiger charge is 2.24. The first-order valence-electron chi connectivity index (χ1n) is 4.87. The Labute approximate surface area is 100.0 Å². The fraction of sp³-hybridized carbons (Fsp3) is 0.417. The molecule has 0 aromatic carbocycles. The molecule has 0 aliphatic rings. The van der Waals surface area contributed by atoms with Crippen molar-refractivity contribution in [3.05, 3.63) is 27.4 Å². The number of allylic oxidation sites excluding steroid dienone is 2. The average Bonchev–Trinajstić information content (AvgIpc) is 2.72. The highest BCUT2D eigenvalue weighted by Crippen LogP contribution is 2.38. The number of nitriles is 1. The molecule has 0 bridgehead atoms. The van der Waals surface area contributed by atoms with Crippen molar-refractivity contribution >= 4 is 28.5 Å². The molecule has 0 radical (unpaired) electrons. The first kappa shape index (κ1) is 12.3. The molecule has 0 N–H and O–H groups in total. The van der Waals surface area contributed by atoms with Crippen LogP contribution in [0.25, 0.3) is 5.57 Å². The maximum atomic E-state index is 9.14. The summed E-state index contributed by atoms with van der Waals surface area (Å²) < 4.78 is 0.